The summed E-state index contributed by atoms with van der Waals surface area (Å²) in [7, 11) is 0. The second-order valence-electron chi connectivity index (χ2n) is 7.10. The lowest BCUT2D eigenvalue weighted by Gasteiger charge is -2.28. The van der Waals surface area contributed by atoms with Gasteiger partial charge < -0.3 is 15.5 Å². The van der Waals surface area contributed by atoms with Crippen LogP contribution in [-0.2, 0) is 4.79 Å². The van der Waals surface area contributed by atoms with Gasteiger partial charge in [-0.3, -0.25) is 4.79 Å². The first-order chi connectivity index (χ1) is 11.1. The largest absolute Gasteiger partial charge is 0.372 e. The van der Waals surface area contributed by atoms with E-state index >= 15 is 0 Å². The second-order valence-corrected chi connectivity index (χ2v) is 7.10. The number of hydrogen-bond donors (Lipinski definition) is 2. The van der Waals surface area contributed by atoms with Gasteiger partial charge in [0.25, 0.3) is 0 Å². The fraction of sp³-hybridized carbons (Fsp3) is 0.632. The maximum Gasteiger partial charge on any atom is 0.223 e. The highest BCUT2D eigenvalue weighted by Gasteiger charge is 2.25. The highest BCUT2D eigenvalue weighted by atomic mass is 16.1. The topological polar surface area (TPSA) is 44.4 Å². The van der Waals surface area contributed by atoms with Crippen LogP contribution in [0.1, 0.15) is 51.1 Å². The maximum absolute atomic E-state index is 12.5. The minimum atomic E-state index is 0.0650. The minimum absolute atomic E-state index is 0.0650. The SMILES string of the molecule is CC(NC(=O)[C@H]1CCN[C@@H](C)C1)c1cccc(N2CCCC2)c1. The lowest BCUT2D eigenvalue weighted by molar-refractivity contribution is -0.126. The van der Waals surface area contributed by atoms with Gasteiger partial charge in [-0.15, -0.1) is 0 Å². The number of piperidine rings is 1. The molecule has 4 nitrogen and oxygen atoms in total. The first-order valence-corrected chi connectivity index (χ1v) is 9.02. The fourth-order valence-corrected chi connectivity index (χ4v) is 3.75. The highest BCUT2D eigenvalue weighted by Crippen LogP contribution is 2.25. The standard InChI is InChI=1S/C19H29N3O/c1-14-12-17(8-9-20-14)19(23)21-15(2)16-6-5-7-18(13-16)22-10-3-4-11-22/h5-7,13-15,17,20H,3-4,8-12H2,1-2H3,(H,21,23)/t14-,15?,17-/m0/s1. The number of nitrogens with zero attached hydrogens (tertiary/aromatic N) is 1. The Bertz CT molecular complexity index is 539. The Morgan fingerprint density at radius 3 is 2.87 bits per heavy atom. The Hall–Kier alpha value is -1.55. The van der Waals surface area contributed by atoms with Gasteiger partial charge in [0.15, 0.2) is 0 Å². The van der Waals surface area contributed by atoms with Gasteiger partial charge in [-0.05, 0) is 63.8 Å². The van der Waals surface area contributed by atoms with Crippen LogP contribution in [0, 0.1) is 5.92 Å². The Labute approximate surface area is 139 Å². The molecule has 0 bridgehead atoms. The van der Waals surface area contributed by atoms with Gasteiger partial charge in [0, 0.05) is 30.7 Å². The molecule has 2 N–H and O–H groups in total. The number of benzene rings is 1. The van der Waals surface area contributed by atoms with E-state index in [1.54, 1.807) is 0 Å². The third-order valence-electron chi connectivity index (χ3n) is 5.19. The van der Waals surface area contributed by atoms with Crippen molar-refractivity contribution >= 4 is 11.6 Å². The zero-order chi connectivity index (χ0) is 16.2. The van der Waals surface area contributed by atoms with Gasteiger partial charge >= 0.3 is 0 Å². The number of amides is 1. The van der Waals surface area contributed by atoms with Gasteiger partial charge in [0.05, 0.1) is 6.04 Å². The zero-order valence-corrected chi connectivity index (χ0v) is 14.3. The van der Waals surface area contributed by atoms with Crippen molar-refractivity contribution in [2.75, 3.05) is 24.5 Å². The maximum atomic E-state index is 12.5. The van der Waals surface area contributed by atoms with E-state index in [1.165, 1.54) is 24.1 Å². The van der Waals surface area contributed by atoms with Crippen molar-refractivity contribution < 1.29 is 4.79 Å². The van der Waals surface area contributed by atoms with Crippen molar-refractivity contribution in [3.8, 4) is 0 Å². The Balaban J connectivity index is 1.62. The molecule has 2 aliphatic heterocycles. The van der Waals surface area contributed by atoms with Gasteiger partial charge in [0.2, 0.25) is 5.91 Å². The van der Waals surface area contributed by atoms with Crippen LogP contribution in [0.2, 0.25) is 0 Å². The van der Waals surface area contributed by atoms with Crippen molar-refractivity contribution in [2.24, 2.45) is 5.92 Å². The number of rotatable bonds is 4. The molecule has 1 aromatic rings. The van der Waals surface area contributed by atoms with Gasteiger partial charge in [-0.1, -0.05) is 12.1 Å². The van der Waals surface area contributed by atoms with E-state index in [2.05, 4.69) is 53.6 Å². The van der Waals surface area contributed by atoms with Gasteiger partial charge in [-0.25, -0.2) is 0 Å². The van der Waals surface area contributed by atoms with Crippen molar-refractivity contribution in [1.29, 1.82) is 0 Å². The third-order valence-corrected chi connectivity index (χ3v) is 5.19. The molecule has 2 aliphatic rings. The van der Waals surface area contributed by atoms with E-state index in [0.717, 1.165) is 32.5 Å². The third kappa shape index (κ3) is 4.05. The summed E-state index contributed by atoms with van der Waals surface area (Å²) in [6.45, 7) is 7.49. The fourth-order valence-electron chi connectivity index (χ4n) is 3.75. The lowest BCUT2D eigenvalue weighted by Crippen LogP contribution is -2.42. The average Bonchev–Trinajstić information content (AvgIpc) is 3.09. The van der Waals surface area contributed by atoms with Gasteiger partial charge in [-0.2, -0.15) is 0 Å². The molecular formula is C19H29N3O. The van der Waals surface area contributed by atoms with Crippen LogP contribution in [0.3, 0.4) is 0 Å². The second kappa shape index (κ2) is 7.35. The number of nitrogens with one attached hydrogen (secondary N) is 2. The van der Waals surface area contributed by atoms with E-state index < -0.39 is 0 Å². The summed E-state index contributed by atoms with van der Waals surface area (Å²) in [5.41, 5.74) is 2.49. The first-order valence-electron chi connectivity index (χ1n) is 9.02. The Kier molecular flexibility index (Phi) is 5.21. The average molecular weight is 315 g/mol. The summed E-state index contributed by atoms with van der Waals surface area (Å²) in [5, 5.41) is 6.62. The molecule has 0 aliphatic carbocycles. The molecular weight excluding hydrogens is 286 g/mol. The van der Waals surface area contributed by atoms with Crippen LogP contribution < -0.4 is 15.5 Å². The Morgan fingerprint density at radius 1 is 1.35 bits per heavy atom. The summed E-state index contributed by atoms with van der Waals surface area (Å²) in [6.07, 6.45) is 4.44. The predicted octanol–water partition coefficient (Wildman–Crippen LogP) is 2.85. The molecule has 1 aromatic carbocycles. The summed E-state index contributed by atoms with van der Waals surface area (Å²) < 4.78 is 0. The van der Waals surface area contributed by atoms with Crippen LogP contribution in [0.15, 0.2) is 24.3 Å². The highest BCUT2D eigenvalue weighted by molar-refractivity contribution is 5.79. The number of anilines is 1. The normalized spacial score (nSPS) is 26.1. The van der Waals surface area contributed by atoms with Crippen molar-refractivity contribution in [3.05, 3.63) is 29.8 Å². The lowest BCUT2D eigenvalue weighted by atomic mass is 9.92. The van der Waals surface area contributed by atoms with E-state index in [1.807, 2.05) is 0 Å². The summed E-state index contributed by atoms with van der Waals surface area (Å²) >= 11 is 0. The van der Waals surface area contributed by atoms with Crippen molar-refractivity contribution in [3.63, 3.8) is 0 Å². The summed E-state index contributed by atoms with van der Waals surface area (Å²) in [4.78, 5) is 15.0. The molecule has 23 heavy (non-hydrogen) atoms. The molecule has 3 rings (SSSR count). The molecule has 0 saturated carbocycles. The minimum Gasteiger partial charge on any atom is -0.372 e. The van der Waals surface area contributed by atoms with Crippen LogP contribution >= 0.6 is 0 Å². The summed E-state index contributed by atoms with van der Waals surface area (Å²) in [5.74, 6) is 0.355. The number of carbonyl (C=O) groups excluding carboxylic acids is 1. The molecule has 0 radical (unpaired) electrons. The van der Waals surface area contributed by atoms with Crippen LogP contribution in [0.25, 0.3) is 0 Å². The van der Waals surface area contributed by atoms with Gasteiger partial charge in [0.1, 0.15) is 0 Å². The van der Waals surface area contributed by atoms with Crippen molar-refractivity contribution in [1.82, 2.24) is 10.6 Å². The van der Waals surface area contributed by atoms with Crippen LogP contribution in [-0.4, -0.2) is 31.6 Å². The number of hydrogen-bond acceptors (Lipinski definition) is 3. The molecule has 1 amide bonds. The predicted molar refractivity (Wildman–Crippen MR) is 94.6 cm³/mol. The smallest absolute Gasteiger partial charge is 0.223 e. The van der Waals surface area contributed by atoms with E-state index in [9.17, 15) is 4.79 Å². The first kappa shape index (κ1) is 16.3. The number of carbonyl (C=O) groups is 1. The molecule has 3 atom stereocenters. The van der Waals surface area contributed by atoms with Crippen LogP contribution in [0.4, 0.5) is 5.69 Å². The Morgan fingerprint density at radius 2 is 2.13 bits per heavy atom. The van der Waals surface area contributed by atoms with E-state index in [0.29, 0.717) is 6.04 Å². The van der Waals surface area contributed by atoms with E-state index in [4.69, 9.17) is 0 Å². The molecule has 1 unspecified atom stereocenters. The molecule has 2 heterocycles. The summed E-state index contributed by atoms with van der Waals surface area (Å²) in [6, 6.07) is 9.15. The molecule has 0 aromatic heterocycles. The molecule has 2 saturated heterocycles. The quantitative estimate of drug-likeness (QED) is 0.898. The monoisotopic (exact) mass is 315 g/mol. The van der Waals surface area contributed by atoms with E-state index in [-0.39, 0.29) is 17.9 Å². The molecule has 126 valence electrons. The zero-order valence-electron chi connectivity index (χ0n) is 14.3. The molecule has 2 fully saturated rings. The van der Waals surface area contributed by atoms with Crippen LogP contribution in [0.5, 0.6) is 0 Å². The molecule has 4 heteroatoms. The molecule has 0 spiro atoms. The van der Waals surface area contributed by atoms with Crippen molar-refractivity contribution in [2.45, 2.75) is 51.6 Å².